The topological polar surface area (TPSA) is 101 Å². The number of halogens is 2. The third kappa shape index (κ3) is 4.24. The molecular weight excluding hydrogens is 358 g/mol. The highest BCUT2D eigenvalue weighted by molar-refractivity contribution is 6.04. The molecule has 0 unspecified atom stereocenters. The van der Waals surface area contributed by atoms with Crippen LogP contribution in [0.25, 0.3) is 0 Å². The van der Waals surface area contributed by atoms with Crippen molar-refractivity contribution < 1.29 is 22.8 Å². The van der Waals surface area contributed by atoms with E-state index < -0.39 is 23.1 Å². The van der Waals surface area contributed by atoms with Crippen molar-refractivity contribution in [3.63, 3.8) is 0 Å². The van der Waals surface area contributed by atoms with Crippen LogP contribution >= 0.6 is 0 Å². The lowest BCUT2D eigenvalue weighted by molar-refractivity contribution is 0.101. The third-order valence-electron chi connectivity index (χ3n) is 3.45. The number of rotatable bonds is 5. The van der Waals surface area contributed by atoms with E-state index in [0.717, 1.165) is 12.1 Å². The van der Waals surface area contributed by atoms with Gasteiger partial charge in [0.1, 0.15) is 22.9 Å². The first-order valence-electron chi connectivity index (χ1n) is 7.69. The number of anilines is 1. The average molecular weight is 370 g/mol. The van der Waals surface area contributed by atoms with Crippen molar-refractivity contribution in [1.29, 1.82) is 5.26 Å². The number of benzene rings is 2. The third-order valence-corrected chi connectivity index (χ3v) is 3.45. The summed E-state index contributed by atoms with van der Waals surface area (Å²) in [4.78, 5) is 16.1. The van der Waals surface area contributed by atoms with Crippen LogP contribution in [0.15, 0.2) is 40.9 Å². The quantitative estimate of drug-likeness (QED) is 0.739. The number of amides is 1. The highest BCUT2D eigenvalue weighted by atomic mass is 19.1. The van der Waals surface area contributed by atoms with Crippen LogP contribution in [0.3, 0.4) is 0 Å². The van der Waals surface area contributed by atoms with Crippen LogP contribution < -0.4 is 10.1 Å². The largest absolute Gasteiger partial charge is 0.485 e. The van der Waals surface area contributed by atoms with Gasteiger partial charge in [-0.2, -0.15) is 10.2 Å². The van der Waals surface area contributed by atoms with Crippen molar-refractivity contribution in [3.8, 4) is 11.8 Å². The summed E-state index contributed by atoms with van der Waals surface area (Å²) in [5.41, 5.74) is -0.660. The van der Waals surface area contributed by atoms with Gasteiger partial charge in [-0.25, -0.2) is 8.78 Å². The van der Waals surface area contributed by atoms with Crippen LogP contribution in [0.2, 0.25) is 0 Å². The average Bonchev–Trinajstić information content (AvgIpc) is 3.05. The SMILES string of the molecule is Cc1nc(COc2ccc(NC(=O)c3c(F)cc(C#N)cc3F)cc2)no1. The summed E-state index contributed by atoms with van der Waals surface area (Å²) in [6.07, 6.45) is 0. The number of aromatic nitrogens is 2. The fourth-order valence-corrected chi connectivity index (χ4v) is 2.23. The Labute approximate surface area is 152 Å². The minimum Gasteiger partial charge on any atom is -0.485 e. The molecule has 1 heterocycles. The van der Waals surface area contributed by atoms with E-state index in [4.69, 9.17) is 14.5 Å². The van der Waals surface area contributed by atoms with Crippen LogP contribution in [0.1, 0.15) is 27.6 Å². The summed E-state index contributed by atoms with van der Waals surface area (Å²) in [6.45, 7) is 1.76. The van der Waals surface area contributed by atoms with Gasteiger partial charge in [-0.05, 0) is 36.4 Å². The minimum atomic E-state index is -1.11. The monoisotopic (exact) mass is 370 g/mol. The number of nitriles is 1. The van der Waals surface area contributed by atoms with Crippen molar-refractivity contribution in [2.45, 2.75) is 13.5 Å². The van der Waals surface area contributed by atoms with Crippen molar-refractivity contribution in [1.82, 2.24) is 10.1 Å². The van der Waals surface area contributed by atoms with Crippen LogP contribution in [-0.4, -0.2) is 16.0 Å². The van der Waals surface area contributed by atoms with Gasteiger partial charge in [0.25, 0.3) is 5.91 Å². The van der Waals surface area contributed by atoms with Crippen LogP contribution in [0.4, 0.5) is 14.5 Å². The lowest BCUT2D eigenvalue weighted by atomic mass is 10.1. The van der Waals surface area contributed by atoms with Crippen LogP contribution in [0.5, 0.6) is 5.75 Å². The molecule has 27 heavy (non-hydrogen) atoms. The van der Waals surface area contributed by atoms with E-state index in [1.165, 1.54) is 12.1 Å². The number of hydrogen-bond acceptors (Lipinski definition) is 6. The zero-order chi connectivity index (χ0) is 19.4. The molecule has 1 aromatic heterocycles. The normalized spacial score (nSPS) is 10.3. The number of aryl methyl sites for hydroxylation is 1. The molecule has 9 heteroatoms. The van der Waals surface area contributed by atoms with E-state index in [2.05, 4.69) is 15.5 Å². The smallest absolute Gasteiger partial charge is 0.261 e. The predicted octanol–water partition coefficient (Wildman–Crippen LogP) is 3.36. The molecule has 3 rings (SSSR count). The van der Waals surface area contributed by atoms with Crippen LogP contribution in [0, 0.1) is 29.9 Å². The second kappa shape index (κ2) is 7.61. The van der Waals surface area contributed by atoms with E-state index in [0.29, 0.717) is 23.2 Å². The predicted molar refractivity (Wildman–Crippen MR) is 88.8 cm³/mol. The van der Waals surface area contributed by atoms with Gasteiger partial charge in [-0.15, -0.1) is 0 Å². The van der Waals surface area contributed by atoms with E-state index in [-0.39, 0.29) is 12.2 Å². The molecule has 1 N–H and O–H groups in total. The first-order valence-corrected chi connectivity index (χ1v) is 7.69. The summed E-state index contributed by atoms with van der Waals surface area (Å²) < 4.78 is 38.1. The number of carbonyl (C=O) groups excluding carboxylic acids is 1. The zero-order valence-electron chi connectivity index (χ0n) is 14.0. The lowest BCUT2D eigenvalue weighted by Crippen LogP contribution is -2.16. The number of nitrogens with one attached hydrogen (secondary N) is 1. The molecule has 0 bridgehead atoms. The summed E-state index contributed by atoms with van der Waals surface area (Å²) >= 11 is 0. The maximum absolute atomic E-state index is 13.9. The molecule has 0 aliphatic carbocycles. The Balaban J connectivity index is 1.66. The molecule has 3 aromatic rings. The number of ether oxygens (including phenoxy) is 1. The Kier molecular flexibility index (Phi) is 5.08. The van der Waals surface area contributed by atoms with Gasteiger partial charge in [0.05, 0.1) is 11.6 Å². The van der Waals surface area contributed by atoms with Crippen molar-refractivity contribution in [2.75, 3.05) is 5.32 Å². The number of hydrogen-bond donors (Lipinski definition) is 1. The van der Waals surface area contributed by atoms with E-state index in [1.807, 2.05) is 0 Å². The number of carbonyl (C=O) groups is 1. The van der Waals surface area contributed by atoms with E-state index in [9.17, 15) is 13.6 Å². The molecule has 0 spiro atoms. The van der Waals surface area contributed by atoms with E-state index >= 15 is 0 Å². The summed E-state index contributed by atoms with van der Waals surface area (Å²) in [5, 5.41) is 14.8. The first-order chi connectivity index (χ1) is 13.0. The Morgan fingerprint density at radius 2 is 1.93 bits per heavy atom. The number of nitrogens with zero attached hydrogens (tertiary/aromatic N) is 3. The Bertz CT molecular complexity index is 1000. The molecule has 0 aliphatic rings. The molecule has 7 nitrogen and oxygen atoms in total. The van der Waals surface area contributed by atoms with Gasteiger partial charge < -0.3 is 14.6 Å². The van der Waals surface area contributed by atoms with Crippen molar-refractivity contribution in [2.24, 2.45) is 0 Å². The first kappa shape index (κ1) is 18.0. The molecular formula is C18H12F2N4O3. The maximum Gasteiger partial charge on any atom is 0.261 e. The van der Waals surface area contributed by atoms with Gasteiger partial charge in [-0.3, -0.25) is 4.79 Å². The Hall–Kier alpha value is -3.80. The minimum absolute atomic E-state index is 0.102. The summed E-state index contributed by atoms with van der Waals surface area (Å²) in [7, 11) is 0. The fraction of sp³-hybridized carbons (Fsp3) is 0.111. The molecule has 0 saturated heterocycles. The second-order valence-corrected chi connectivity index (χ2v) is 5.42. The molecule has 0 fully saturated rings. The standard InChI is InChI=1S/C18H12F2N4O3/c1-10-22-16(24-27-10)9-26-13-4-2-12(3-5-13)23-18(25)17-14(19)6-11(8-21)7-15(17)20/h2-7H,9H2,1H3,(H,23,25). The highest BCUT2D eigenvalue weighted by Crippen LogP contribution is 2.20. The zero-order valence-corrected chi connectivity index (χ0v) is 14.0. The molecule has 136 valence electrons. The van der Waals surface area contributed by atoms with Crippen LogP contribution in [-0.2, 0) is 6.61 Å². The molecule has 0 radical (unpaired) electrons. The molecule has 1 amide bonds. The molecule has 0 aliphatic heterocycles. The Morgan fingerprint density at radius 1 is 1.26 bits per heavy atom. The van der Waals surface area contributed by atoms with Gasteiger partial charge in [0.15, 0.2) is 6.61 Å². The second-order valence-electron chi connectivity index (χ2n) is 5.42. The van der Waals surface area contributed by atoms with E-state index in [1.54, 1.807) is 25.1 Å². The lowest BCUT2D eigenvalue weighted by Gasteiger charge is -2.09. The molecule has 0 atom stereocenters. The van der Waals surface area contributed by atoms with Gasteiger partial charge in [-0.1, -0.05) is 5.16 Å². The molecule has 2 aromatic carbocycles. The van der Waals surface area contributed by atoms with Gasteiger partial charge in [0.2, 0.25) is 11.7 Å². The van der Waals surface area contributed by atoms with Gasteiger partial charge in [0, 0.05) is 12.6 Å². The van der Waals surface area contributed by atoms with Crippen molar-refractivity contribution >= 4 is 11.6 Å². The van der Waals surface area contributed by atoms with Crippen molar-refractivity contribution in [3.05, 3.63) is 70.9 Å². The summed E-state index contributed by atoms with van der Waals surface area (Å²) in [5.74, 6) is -1.90. The maximum atomic E-state index is 13.9. The summed E-state index contributed by atoms with van der Waals surface area (Å²) in [6, 6.07) is 9.36. The molecule has 0 saturated carbocycles. The highest BCUT2D eigenvalue weighted by Gasteiger charge is 2.19. The van der Waals surface area contributed by atoms with Gasteiger partial charge >= 0.3 is 0 Å². The fourth-order valence-electron chi connectivity index (χ4n) is 2.23. The Morgan fingerprint density at radius 3 is 2.48 bits per heavy atom.